The first-order valence-electron chi connectivity index (χ1n) is 4.18. The summed E-state index contributed by atoms with van der Waals surface area (Å²) in [6.07, 6.45) is 2.92. The number of hydrogen-bond donors (Lipinski definition) is 1. The Morgan fingerprint density at radius 2 is 2.36 bits per heavy atom. The molecule has 0 bridgehead atoms. The molecule has 0 saturated heterocycles. The second-order valence-corrected chi connectivity index (χ2v) is 2.95. The van der Waals surface area contributed by atoms with Crippen LogP contribution in [0.15, 0.2) is 0 Å². The predicted molar refractivity (Wildman–Crippen MR) is 41.9 cm³/mol. The van der Waals surface area contributed by atoms with Gasteiger partial charge in [0.1, 0.15) is 0 Å². The van der Waals surface area contributed by atoms with E-state index in [1.807, 2.05) is 6.92 Å². The molecule has 1 fully saturated rings. The van der Waals surface area contributed by atoms with Gasteiger partial charge >= 0.3 is 5.97 Å². The van der Waals surface area contributed by atoms with E-state index in [9.17, 15) is 4.79 Å². The minimum absolute atomic E-state index is 0.0325. The molecule has 0 spiro atoms. The van der Waals surface area contributed by atoms with Crippen molar-refractivity contribution in [3.8, 4) is 0 Å². The molecule has 0 radical (unpaired) electrons. The van der Waals surface area contributed by atoms with Crippen molar-refractivity contribution in [2.24, 2.45) is 11.7 Å². The Balaban J connectivity index is 2.39. The van der Waals surface area contributed by atoms with Crippen LogP contribution in [0.5, 0.6) is 0 Å². The number of esters is 1. The van der Waals surface area contributed by atoms with Crippen molar-refractivity contribution >= 4 is 5.97 Å². The van der Waals surface area contributed by atoms with Crippen LogP contribution < -0.4 is 5.73 Å². The van der Waals surface area contributed by atoms with Crippen LogP contribution in [0.3, 0.4) is 0 Å². The number of carbonyl (C=O) groups is 1. The molecule has 1 rings (SSSR count). The van der Waals surface area contributed by atoms with Gasteiger partial charge in [-0.3, -0.25) is 4.79 Å². The van der Waals surface area contributed by atoms with Gasteiger partial charge in [0.15, 0.2) is 0 Å². The van der Waals surface area contributed by atoms with Crippen molar-refractivity contribution in [1.82, 2.24) is 0 Å². The predicted octanol–water partition coefficient (Wildman–Crippen LogP) is 0.677. The fourth-order valence-electron chi connectivity index (χ4n) is 1.53. The van der Waals surface area contributed by atoms with Crippen molar-refractivity contribution in [3.63, 3.8) is 0 Å². The number of hydrogen-bond acceptors (Lipinski definition) is 3. The van der Waals surface area contributed by atoms with Crippen molar-refractivity contribution in [1.29, 1.82) is 0 Å². The summed E-state index contributed by atoms with van der Waals surface area (Å²) in [7, 11) is 0. The monoisotopic (exact) mass is 157 g/mol. The van der Waals surface area contributed by atoms with Crippen LogP contribution in [0.4, 0.5) is 0 Å². The lowest BCUT2D eigenvalue weighted by Crippen LogP contribution is -2.31. The molecular formula is C8H15NO2. The SMILES string of the molecule is CCOC(=O)C1CCCC1N. The molecule has 64 valence electrons. The highest BCUT2D eigenvalue weighted by molar-refractivity contribution is 5.73. The number of ether oxygens (including phenoxy) is 1. The van der Waals surface area contributed by atoms with Gasteiger partial charge in [0.2, 0.25) is 0 Å². The molecule has 11 heavy (non-hydrogen) atoms. The maximum Gasteiger partial charge on any atom is 0.310 e. The summed E-state index contributed by atoms with van der Waals surface area (Å²) in [5, 5.41) is 0. The maximum absolute atomic E-state index is 11.2. The van der Waals surface area contributed by atoms with E-state index in [1.165, 1.54) is 0 Å². The third-order valence-electron chi connectivity index (χ3n) is 2.16. The smallest absolute Gasteiger partial charge is 0.310 e. The van der Waals surface area contributed by atoms with Crippen LogP contribution in [0.25, 0.3) is 0 Å². The first kappa shape index (κ1) is 8.53. The van der Waals surface area contributed by atoms with Gasteiger partial charge in [-0.05, 0) is 19.8 Å². The van der Waals surface area contributed by atoms with Crippen LogP contribution in [0.2, 0.25) is 0 Å². The molecule has 2 unspecified atom stereocenters. The number of nitrogens with two attached hydrogens (primary N) is 1. The lowest BCUT2D eigenvalue weighted by atomic mass is 10.1. The van der Waals surface area contributed by atoms with Gasteiger partial charge < -0.3 is 10.5 Å². The van der Waals surface area contributed by atoms with Crippen LogP contribution in [-0.2, 0) is 9.53 Å². The lowest BCUT2D eigenvalue weighted by Gasteiger charge is -2.12. The van der Waals surface area contributed by atoms with Crippen LogP contribution in [0, 0.1) is 5.92 Å². The zero-order valence-corrected chi connectivity index (χ0v) is 6.88. The summed E-state index contributed by atoms with van der Waals surface area (Å²) in [6.45, 7) is 2.28. The van der Waals surface area contributed by atoms with Gasteiger partial charge in [0.05, 0.1) is 12.5 Å². The van der Waals surface area contributed by atoms with E-state index < -0.39 is 0 Å². The molecule has 1 aliphatic carbocycles. The summed E-state index contributed by atoms with van der Waals surface area (Å²) in [4.78, 5) is 11.2. The normalized spacial score (nSPS) is 30.4. The van der Waals surface area contributed by atoms with Gasteiger partial charge in [0, 0.05) is 6.04 Å². The third kappa shape index (κ3) is 1.93. The molecule has 1 aliphatic rings. The molecular weight excluding hydrogens is 142 g/mol. The first-order chi connectivity index (χ1) is 5.25. The average Bonchev–Trinajstić information content (AvgIpc) is 2.36. The Morgan fingerprint density at radius 3 is 2.82 bits per heavy atom. The van der Waals surface area contributed by atoms with E-state index in [1.54, 1.807) is 0 Å². The molecule has 0 aliphatic heterocycles. The van der Waals surface area contributed by atoms with Gasteiger partial charge in [-0.2, -0.15) is 0 Å². The maximum atomic E-state index is 11.2. The molecule has 1 saturated carbocycles. The highest BCUT2D eigenvalue weighted by Crippen LogP contribution is 2.24. The van der Waals surface area contributed by atoms with Crippen LogP contribution in [-0.4, -0.2) is 18.6 Å². The molecule has 0 aromatic heterocycles. The molecule has 2 atom stereocenters. The lowest BCUT2D eigenvalue weighted by molar-refractivity contribution is -0.148. The zero-order chi connectivity index (χ0) is 8.27. The second-order valence-electron chi connectivity index (χ2n) is 2.95. The van der Waals surface area contributed by atoms with E-state index in [2.05, 4.69) is 0 Å². The van der Waals surface area contributed by atoms with Crippen molar-refractivity contribution in [2.75, 3.05) is 6.61 Å². The molecule has 0 aromatic rings. The Labute approximate surface area is 66.9 Å². The van der Waals surface area contributed by atoms with Gasteiger partial charge in [-0.15, -0.1) is 0 Å². The van der Waals surface area contributed by atoms with E-state index in [-0.39, 0.29) is 17.9 Å². The van der Waals surface area contributed by atoms with E-state index >= 15 is 0 Å². The number of carbonyl (C=O) groups excluding carboxylic acids is 1. The fraction of sp³-hybridized carbons (Fsp3) is 0.875. The standard InChI is InChI=1S/C8H15NO2/c1-2-11-8(10)6-4-3-5-7(6)9/h6-7H,2-5,9H2,1H3. The molecule has 3 nitrogen and oxygen atoms in total. The second kappa shape index (κ2) is 3.72. The molecule has 0 aromatic carbocycles. The average molecular weight is 157 g/mol. The summed E-state index contributed by atoms with van der Waals surface area (Å²) >= 11 is 0. The van der Waals surface area contributed by atoms with Gasteiger partial charge in [0.25, 0.3) is 0 Å². The van der Waals surface area contributed by atoms with Gasteiger partial charge in [-0.25, -0.2) is 0 Å². The molecule has 0 heterocycles. The Hall–Kier alpha value is -0.570. The summed E-state index contributed by atoms with van der Waals surface area (Å²) < 4.78 is 4.88. The summed E-state index contributed by atoms with van der Waals surface area (Å²) in [5.41, 5.74) is 5.71. The van der Waals surface area contributed by atoms with Crippen molar-refractivity contribution in [3.05, 3.63) is 0 Å². The zero-order valence-electron chi connectivity index (χ0n) is 6.88. The third-order valence-corrected chi connectivity index (χ3v) is 2.16. The highest BCUT2D eigenvalue weighted by Gasteiger charge is 2.31. The van der Waals surface area contributed by atoms with Gasteiger partial charge in [-0.1, -0.05) is 6.42 Å². The minimum atomic E-state index is -0.113. The topological polar surface area (TPSA) is 52.3 Å². The molecule has 2 N–H and O–H groups in total. The van der Waals surface area contributed by atoms with Crippen LogP contribution in [0.1, 0.15) is 26.2 Å². The molecule has 3 heteroatoms. The molecule has 0 amide bonds. The minimum Gasteiger partial charge on any atom is -0.466 e. The van der Waals surface area contributed by atoms with E-state index in [0.29, 0.717) is 6.61 Å². The van der Waals surface area contributed by atoms with E-state index in [4.69, 9.17) is 10.5 Å². The Bertz CT molecular complexity index is 147. The fourth-order valence-corrected chi connectivity index (χ4v) is 1.53. The van der Waals surface area contributed by atoms with Crippen molar-refractivity contribution < 1.29 is 9.53 Å². The largest absolute Gasteiger partial charge is 0.466 e. The highest BCUT2D eigenvalue weighted by atomic mass is 16.5. The van der Waals surface area contributed by atoms with E-state index in [0.717, 1.165) is 19.3 Å². The Kier molecular flexibility index (Phi) is 2.88. The van der Waals surface area contributed by atoms with Crippen molar-refractivity contribution in [2.45, 2.75) is 32.2 Å². The first-order valence-corrected chi connectivity index (χ1v) is 4.18. The van der Waals surface area contributed by atoms with Crippen LogP contribution >= 0.6 is 0 Å². The number of rotatable bonds is 2. The quantitative estimate of drug-likeness (QED) is 0.599. The summed E-state index contributed by atoms with van der Waals surface area (Å²) in [6, 6.07) is 0.0362. The summed E-state index contributed by atoms with van der Waals surface area (Å²) in [5.74, 6) is -0.146. The Morgan fingerprint density at radius 1 is 1.64 bits per heavy atom.